The predicted molar refractivity (Wildman–Crippen MR) is 163 cm³/mol. The molecule has 0 unspecified atom stereocenters. The van der Waals surface area contributed by atoms with E-state index in [1.165, 1.54) is 33.7 Å². The highest BCUT2D eigenvalue weighted by atomic mass is 16.4. The average Bonchev–Trinajstić information content (AvgIpc) is 3.80. The number of aromatic carboxylic acids is 1. The van der Waals surface area contributed by atoms with Gasteiger partial charge in [-0.2, -0.15) is 0 Å². The molecule has 1 aromatic carbocycles. The molecule has 0 bridgehead atoms. The van der Waals surface area contributed by atoms with Crippen LogP contribution in [0.4, 0.5) is 17.2 Å². The van der Waals surface area contributed by atoms with Crippen molar-refractivity contribution in [3.05, 3.63) is 84.1 Å². The quantitative estimate of drug-likeness (QED) is 0.173. The van der Waals surface area contributed by atoms with Crippen molar-refractivity contribution in [2.24, 2.45) is 28.2 Å². The molecule has 16 heteroatoms. The number of aromatic amines is 1. The van der Waals surface area contributed by atoms with Crippen molar-refractivity contribution in [1.82, 2.24) is 38.2 Å². The normalized spacial score (nSPS) is 11.1. The summed E-state index contributed by atoms with van der Waals surface area (Å²) in [7, 11) is 6.65. The zero-order valence-corrected chi connectivity index (χ0v) is 24.5. The van der Waals surface area contributed by atoms with E-state index in [2.05, 4.69) is 35.9 Å². The Hall–Kier alpha value is -6.45. The number of rotatable bonds is 8. The van der Waals surface area contributed by atoms with Crippen LogP contribution in [-0.4, -0.2) is 67.0 Å². The van der Waals surface area contributed by atoms with Crippen LogP contribution in [0.3, 0.4) is 0 Å². The fraction of sp³-hybridized carbons (Fsp3) is 0.138. The molecule has 0 radical (unpaired) electrons. The SMILES string of the molecule is Cn1cc(NC(=O)c2nc(NC(=O)c3cc(NC(=O)c4ccc5nc(-c6nccn6C)[nH]c5c4)cn3C)cn2C)cc1C(=O)O. The summed E-state index contributed by atoms with van der Waals surface area (Å²) >= 11 is 0. The Morgan fingerprint density at radius 2 is 1.44 bits per heavy atom. The number of carboxylic acids is 1. The molecule has 0 fully saturated rings. The molecule has 5 heterocycles. The van der Waals surface area contributed by atoms with E-state index in [1.54, 1.807) is 56.3 Å². The summed E-state index contributed by atoms with van der Waals surface area (Å²) in [5, 5.41) is 17.3. The van der Waals surface area contributed by atoms with Crippen molar-refractivity contribution < 1.29 is 24.3 Å². The van der Waals surface area contributed by atoms with Gasteiger partial charge in [-0.05, 0) is 30.3 Å². The lowest BCUT2D eigenvalue weighted by Gasteiger charge is -2.03. The van der Waals surface area contributed by atoms with Crippen LogP contribution in [0.5, 0.6) is 0 Å². The number of fused-ring (bicyclic) bond motifs is 1. The van der Waals surface area contributed by atoms with Crippen LogP contribution in [0.15, 0.2) is 61.3 Å². The minimum Gasteiger partial charge on any atom is -0.477 e. The molecule has 228 valence electrons. The number of hydrogen-bond donors (Lipinski definition) is 5. The smallest absolute Gasteiger partial charge is 0.352 e. The van der Waals surface area contributed by atoms with Gasteiger partial charge in [0.2, 0.25) is 5.82 Å². The molecular weight excluding hydrogens is 582 g/mol. The third kappa shape index (κ3) is 5.54. The molecule has 3 amide bonds. The number of benzene rings is 1. The number of carboxylic acid groups (broad SMARTS) is 1. The fourth-order valence-electron chi connectivity index (χ4n) is 4.86. The summed E-state index contributed by atoms with van der Waals surface area (Å²) < 4.78 is 6.19. The first kappa shape index (κ1) is 28.7. The molecule has 6 rings (SSSR count). The Bertz CT molecular complexity index is 2140. The van der Waals surface area contributed by atoms with Crippen molar-refractivity contribution in [2.45, 2.75) is 0 Å². The predicted octanol–water partition coefficient (Wildman–Crippen LogP) is 2.83. The molecule has 6 aromatic rings. The number of carbonyl (C=O) groups is 4. The lowest BCUT2D eigenvalue weighted by atomic mass is 10.2. The van der Waals surface area contributed by atoms with Crippen molar-refractivity contribution >= 4 is 51.9 Å². The Kier molecular flexibility index (Phi) is 7.00. The molecule has 0 aliphatic rings. The molecular formula is C29H27N11O5. The van der Waals surface area contributed by atoms with Gasteiger partial charge in [0.1, 0.15) is 11.4 Å². The summed E-state index contributed by atoms with van der Waals surface area (Å²) in [6.45, 7) is 0. The number of carbonyl (C=O) groups excluding carboxylic acids is 3. The number of hydrogen-bond acceptors (Lipinski definition) is 7. The maximum Gasteiger partial charge on any atom is 0.352 e. The molecule has 5 aromatic heterocycles. The topological polar surface area (TPSA) is 199 Å². The lowest BCUT2D eigenvalue weighted by Crippen LogP contribution is -2.17. The van der Waals surface area contributed by atoms with E-state index in [9.17, 15) is 24.3 Å². The van der Waals surface area contributed by atoms with Gasteiger partial charge in [0.05, 0.1) is 22.4 Å². The van der Waals surface area contributed by atoms with Gasteiger partial charge < -0.3 is 44.3 Å². The summed E-state index contributed by atoms with van der Waals surface area (Å²) in [5.41, 5.74) is 2.67. The number of aryl methyl sites for hydroxylation is 4. The van der Waals surface area contributed by atoms with Crippen molar-refractivity contribution in [3.8, 4) is 11.6 Å². The number of anilines is 3. The highest BCUT2D eigenvalue weighted by Gasteiger charge is 2.20. The number of aromatic nitrogens is 8. The summed E-state index contributed by atoms with van der Waals surface area (Å²) in [6, 6.07) is 7.94. The van der Waals surface area contributed by atoms with Crippen LogP contribution in [0.25, 0.3) is 22.7 Å². The number of nitrogens with zero attached hydrogens (tertiary/aromatic N) is 7. The largest absolute Gasteiger partial charge is 0.477 e. The van der Waals surface area contributed by atoms with E-state index in [1.807, 2.05) is 17.8 Å². The van der Waals surface area contributed by atoms with E-state index in [0.29, 0.717) is 33.9 Å². The van der Waals surface area contributed by atoms with E-state index in [-0.39, 0.29) is 34.6 Å². The number of amides is 3. The van der Waals surface area contributed by atoms with Gasteiger partial charge in [0, 0.05) is 64.7 Å². The van der Waals surface area contributed by atoms with Crippen LogP contribution in [0.2, 0.25) is 0 Å². The van der Waals surface area contributed by atoms with Gasteiger partial charge in [-0.3, -0.25) is 14.4 Å². The van der Waals surface area contributed by atoms with E-state index in [0.717, 1.165) is 0 Å². The monoisotopic (exact) mass is 609 g/mol. The molecule has 0 spiro atoms. The van der Waals surface area contributed by atoms with Gasteiger partial charge in [-0.15, -0.1) is 0 Å². The van der Waals surface area contributed by atoms with E-state index >= 15 is 0 Å². The van der Waals surface area contributed by atoms with Crippen molar-refractivity contribution in [2.75, 3.05) is 16.0 Å². The number of nitrogens with one attached hydrogen (secondary N) is 4. The first-order valence-corrected chi connectivity index (χ1v) is 13.5. The second-order valence-corrected chi connectivity index (χ2v) is 10.4. The van der Waals surface area contributed by atoms with Gasteiger partial charge in [0.15, 0.2) is 17.5 Å². The highest BCUT2D eigenvalue weighted by Crippen LogP contribution is 2.22. The summed E-state index contributed by atoms with van der Waals surface area (Å²) in [5.74, 6) is -1.25. The summed E-state index contributed by atoms with van der Waals surface area (Å²) in [6.07, 6.45) is 8.03. The number of imidazole rings is 3. The van der Waals surface area contributed by atoms with Gasteiger partial charge >= 0.3 is 5.97 Å². The first-order valence-electron chi connectivity index (χ1n) is 13.5. The van der Waals surface area contributed by atoms with Crippen LogP contribution in [0, 0.1) is 0 Å². The number of H-pyrrole nitrogens is 1. The third-order valence-electron chi connectivity index (χ3n) is 7.08. The third-order valence-corrected chi connectivity index (χ3v) is 7.08. The highest BCUT2D eigenvalue weighted by molar-refractivity contribution is 6.08. The van der Waals surface area contributed by atoms with Crippen molar-refractivity contribution in [1.29, 1.82) is 0 Å². The zero-order valence-electron chi connectivity index (χ0n) is 24.5. The molecule has 5 N–H and O–H groups in total. The van der Waals surface area contributed by atoms with Crippen LogP contribution < -0.4 is 16.0 Å². The molecule has 0 atom stereocenters. The summed E-state index contributed by atoms with van der Waals surface area (Å²) in [4.78, 5) is 66.5. The first-order chi connectivity index (χ1) is 21.5. The van der Waals surface area contributed by atoms with Crippen LogP contribution in [0.1, 0.15) is 42.0 Å². The fourth-order valence-corrected chi connectivity index (χ4v) is 4.86. The van der Waals surface area contributed by atoms with Crippen LogP contribution in [-0.2, 0) is 28.2 Å². The Labute approximate surface area is 254 Å². The Morgan fingerprint density at radius 3 is 2.11 bits per heavy atom. The minimum absolute atomic E-state index is 0.00485. The zero-order chi connectivity index (χ0) is 32.0. The lowest BCUT2D eigenvalue weighted by molar-refractivity contribution is 0.0685. The second kappa shape index (κ2) is 11.0. The molecule has 0 saturated heterocycles. The standard InChI is InChI=1S/C29H27N11O5/c1-37-8-7-30-24(37)23-33-18-6-5-15(9-19(18)34-23)26(41)31-16-10-20(38(2)12-16)27(42)36-22-14-40(4)25(35-22)28(43)32-17-11-21(29(44)45)39(3)13-17/h5-14H,1-4H3,(H,31,41)(H,32,43)(H,33,34)(H,36,42)(H,44,45). The van der Waals surface area contributed by atoms with E-state index in [4.69, 9.17) is 0 Å². The molecule has 0 saturated carbocycles. The van der Waals surface area contributed by atoms with Gasteiger partial charge in [-0.25, -0.2) is 19.7 Å². The Morgan fingerprint density at radius 1 is 0.756 bits per heavy atom. The molecule has 16 nitrogen and oxygen atoms in total. The molecule has 45 heavy (non-hydrogen) atoms. The van der Waals surface area contributed by atoms with Gasteiger partial charge in [0.25, 0.3) is 17.7 Å². The molecule has 0 aliphatic carbocycles. The van der Waals surface area contributed by atoms with E-state index < -0.39 is 17.8 Å². The maximum atomic E-state index is 13.1. The molecule has 0 aliphatic heterocycles. The average molecular weight is 610 g/mol. The Balaban J connectivity index is 1.12. The van der Waals surface area contributed by atoms with Crippen LogP contribution >= 0.6 is 0 Å². The minimum atomic E-state index is -1.13. The van der Waals surface area contributed by atoms with Gasteiger partial charge in [-0.1, -0.05) is 0 Å². The van der Waals surface area contributed by atoms with Crippen molar-refractivity contribution in [3.63, 3.8) is 0 Å². The maximum absolute atomic E-state index is 13.1. The second-order valence-electron chi connectivity index (χ2n) is 10.4.